The van der Waals surface area contributed by atoms with Gasteiger partial charge in [0.15, 0.2) is 5.82 Å². The number of benzene rings is 2. The van der Waals surface area contributed by atoms with Crippen LogP contribution in [-0.4, -0.2) is 8.42 Å². The molecule has 112 valence electrons. The van der Waals surface area contributed by atoms with Gasteiger partial charge >= 0.3 is 0 Å². The van der Waals surface area contributed by atoms with E-state index in [0.29, 0.717) is 8.59 Å². The molecule has 0 atom stereocenters. The van der Waals surface area contributed by atoms with Crippen LogP contribution in [0.25, 0.3) is 0 Å². The van der Waals surface area contributed by atoms with Crippen LogP contribution in [0.2, 0.25) is 10.0 Å². The van der Waals surface area contributed by atoms with Crippen molar-refractivity contribution >= 4 is 67.2 Å². The van der Waals surface area contributed by atoms with Gasteiger partial charge in [-0.3, -0.25) is 4.72 Å². The van der Waals surface area contributed by atoms with E-state index in [-0.39, 0.29) is 16.4 Å². The number of hydrogen-bond acceptors (Lipinski definition) is 3. The third kappa shape index (κ3) is 3.71. The van der Waals surface area contributed by atoms with Gasteiger partial charge in [-0.05, 0) is 52.9 Å². The molecule has 0 unspecified atom stereocenters. The van der Waals surface area contributed by atoms with E-state index >= 15 is 0 Å². The lowest BCUT2D eigenvalue weighted by Crippen LogP contribution is -2.16. The molecule has 0 aromatic heterocycles. The third-order valence-electron chi connectivity index (χ3n) is 2.50. The highest BCUT2D eigenvalue weighted by atomic mass is 127. The minimum absolute atomic E-state index is 0.0279. The molecule has 0 aliphatic heterocycles. The van der Waals surface area contributed by atoms with Gasteiger partial charge in [0.1, 0.15) is 4.90 Å². The predicted octanol–water partition coefficient (Wildman–Crippen LogP) is 4.12. The number of rotatable bonds is 3. The van der Waals surface area contributed by atoms with E-state index in [2.05, 4.69) is 4.72 Å². The first-order valence-electron chi connectivity index (χ1n) is 5.43. The Morgan fingerprint density at radius 2 is 1.81 bits per heavy atom. The Hall–Kier alpha value is -0.770. The smallest absolute Gasteiger partial charge is 0.264 e. The fourth-order valence-corrected chi connectivity index (χ4v) is 4.25. The number of nitrogens with one attached hydrogen (secondary N) is 1. The highest BCUT2D eigenvalue weighted by molar-refractivity contribution is 14.1. The van der Waals surface area contributed by atoms with Crippen LogP contribution in [0.15, 0.2) is 35.2 Å². The van der Waals surface area contributed by atoms with Gasteiger partial charge in [-0.15, -0.1) is 0 Å². The Kier molecular flexibility index (Phi) is 4.86. The van der Waals surface area contributed by atoms with Crippen molar-refractivity contribution < 1.29 is 12.8 Å². The van der Waals surface area contributed by atoms with Gasteiger partial charge in [-0.2, -0.15) is 0 Å². The van der Waals surface area contributed by atoms with Crippen LogP contribution in [0.3, 0.4) is 0 Å². The molecule has 4 nitrogen and oxygen atoms in total. The fourth-order valence-electron chi connectivity index (χ4n) is 1.55. The number of anilines is 2. The predicted molar refractivity (Wildman–Crippen MR) is 90.8 cm³/mol. The van der Waals surface area contributed by atoms with Gasteiger partial charge in [0, 0.05) is 13.6 Å². The molecule has 0 amide bonds. The molecule has 2 aromatic carbocycles. The SMILES string of the molecule is Nc1cc(Cl)cc(S(=O)(=O)Nc2ccc(Cl)cc2I)c1F. The first-order valence-corrected chi connectivity index (χ1v) is 8.75. The van der Waals surface area contributed by atoms with Gasteiger partial charge in [0.2, 0.25) is 0 Å². The van der Waals surface area contributed by atoms with Crippen LogP contribution >= 0.6 is 45.8 Å². The zero-order valence-electron chi connectivity index (χ0n) is 10.2. The Morgan fingerprint density at radius 1 is 1.14 bits per heavy atom. The van der Waals surface area contributed by atoms with Gasteiger partial charge < -0.3 is 5.73 Å². The zero-order valence-corrected chi connectivity index (χ0v) is 14.7. The van der Waals surface area contributed by atoms with Crippen LogP contribution in [-0.2, 0) is 10.0 Å². The molecule has 21 heavy (non-hydrogen) atoms. The summed E-state index contributed by atoms with van der Waals surface area (Å²) in [6.45, 7) is 0. The van der Waals surface area contributed by atoms with Crippen molar-refractivity contribution in [3.63, 3.8) is 0 Å². The van der Waals surface area contributed by atoms with Gasteiger partial charge in [-0.25, -0.2) is 12.8 Å². The summed E-state index contributed by atoms with van der Waals surface area (Å²) < 4.78 is 41.3. The molecule has 0 spiro atoms. The molecule has 9 heteroatoms. The van der Waals surface area contributed by atoms with Crippen molar-refractivity contribution in [3.05, 3.63) is 49.8 Å². The van der Waals surface area contributed by atoms with Crippen LogP contribution in [0.5, 0.6) is 0 Å². The number of halogens is 4. The lowest BCUT2D eigenvalue weighted by atomic mass is 10.3. The van der Waals surface area contributed by atoms with Crippen LogP contribution < -0.4 is 10.5 Å². The van der Waals surface area contributed by atoms with Crippen molar-refractivity contribution in [2.45, 2.75) is 4.90 Å². The molecule has 0 saturated carbocycles. The van der Waals surface area contributed by atoms with E-state index in [4.69, 9.17) is 28.9 Å². The number of hydrogen-bond donors (Lipinski definition) is 2. The minimum Gasteiger partial charge on any atom is -0.396 e. The van der Waals surface area contributed by atoms with E-state index in [1.54, 1.807) is 6.07 Å². The molecule has 0 bridgehead atoms. The summed E-state index contributed by atoms with van der Waals surface area (Å²) in [6, 6.07) is 6.71. The first kappa shape index (κ1) is 16.6. The molecule has 0 saturated heterocycles. The van der Waals surface area contributed by atoms with E-state index in [9.17, 15) is 12.8 Å². The van der Waals surface area contributed by atoms with Crippen molar-refractivity contribution in [2.75, 3.05) is 10.5 Å². The molecule has 0 aliphatic rings. The summed E-state index contributed by atoms with van der Waals surface area (Å²) in [5, 5.41) is 0.487. The Balaban J connectivity index is 2.48. The molecular formula is C12H8Cl2FIN2O2S. The van der Waals surface area contributed by atoms with Crippen molar-refractivity contribution in [1.29, 1.82) is 0 Å². The van der Waals surface area contributed by atoms with E-state index in [1.165, 1.54) is 12.1 Å². The Labute approximate surface area is 144 Å². The van der Waals surface area contributed by atoms with Crippen molar-refractivity contribution in [1.82, 2.24) is 0 Å². The largest absolute Gasteiger partial charge is 0.396 e. The highest BCUT2D eigenvalue weighted by Gasteiger charge is 2.22. The highest BCUT2D eigenvalue weighted by Crippen LogP contribution is 2.29. The topological polar surface area (TPSA) is 72.2 Å². The summed E-state index contributed by atoms with van der Waals surface area (Å²) >= 11 is 13.4. The van der Waals surface area contributed by atoms with E-state index in [1.807, 2.05) is 22.6 Å². The normalized spacial score (nSPS) is 11.4. The molecule has 0 fully saturated rings. The standard InChI is InChI=1S/C12H8Cl2FIN2O2S/c13-6-1-2-10(8(16)3-6)18-21(19,20)11-5-7(14)4-9(17)12(11)15/h1-5,18H,17H2. The monoisotopic (exact) mass is 460 g/mol. The molecule has 0 aliphatic carbocycles. The van der Waals surface area contributed by atoms with E-state index in [0.717, 1.165) is 12.1 Å². The molecule has 0 heterocycles. The third-order valence-corrected chi connectivity index (χ3v) is 5.21. The molecular weight excluding hydrogens is 453 g/mol. The number of sulfonamides is 1. The summed E-state index contributed by atoms with van der Waals surface area (Å²) in [7, 11) is -4.16. The van der Waals surface area contributed by atoms with E-state index < -0.39 is 20.7 Å². The zero-order chi connectivity index (χ0) is 15.8. The molecule has 2 aromatic rings. The van der Waals surface area contributed by atoms with Crippen LogP contribution in [0.1, 0.15) is 0 Å². The second-order valence-corrected chi connectivity index (χ2v) is 7.72. The van der Waals surface area contributed by atoms with Crippen LogP contribution in [0.4, 0.5) is 15.8 Å². The average molecular weight is 461 g/mol. The van der Waals surface area contributed by atoms with Crippen molar-refractivity contribution in [2.24, 2.45) is 0 Å². The maximum Gasteiger partial charge on any atom is 0.264 e. The maximum atomic E-state index is 13.9. The quantitative estimate of drug-likeness (QED) is 0.534. The molecule has 0 radical (unpaired) electrons. The Bertz CT molecular complexity index is 815. The lowest BCUT2D eigenvalue weighted by Gasteiger charge is -2.12. The van der Waals surface area contributed by atoms with Crippen molar-refractivity contribution in [3.8, 4) is 0 Å². The van der Waals surface area contributed by atoms with Gasteiger partial charge in [0.05, 0.1) is 11.4 Å². The summed E-state index contributed by atoms with van der Waals surface area (Å²) in [4.78, 5) is -0.613. The summed E-state index contributed by atoms with van der Waals surface area (Å²) in [5.41, 5.74) is 5.33. The second-order valence-electron chi connectivity index (χ2n) is 4.04. The fraction of sp³-hybridized carbons (Fsp3) is 0. The number of nitrogen functional groups attached to an aromatic ring is 1. The van der Waals surface area contributed by atoms with Gasteiger partial charge in [0.25, 0.3) is 10.0 Å². The summed E-state index contributed by atoms with van der Waals surface area (Å²) in [5.74, 6) is -1.05. The molecule has 2 rings (SSSR count). The Morgan fingerprint density at radius 3 is 2.43 bits per heavy atom. The molecule has 3 N–H and O–H groups in total. The maximum absolute atomic E-state index is 13.9. The van der Waals surface area contributed by atoms with Crippen LogP contribution in [0, 0.1) is 9.39 Å². The van der Waals surface area contributed by atoms with Gasteiger partial charge in [-0.1, -0.05) is 23.2 Å². The summed E-state index contributed by atoms with van der Waals surface area (Å²) in [6.07, 6.45) is 0. The minimum atomic E-state index is -4.16. The number of nitrogens with two attached hydrogens (primary N) is 1. The lowest BCUT2D eigenvalue weighted by molar-refractivity contribution is 0.573. The second kappa shape index (κ2) is 6.15. The first-order chi connectivity index (χ1) is 9.70. The average Bonchev–Trinajstić information content (AvgIpc) is 2.37.